The lowest BCUT2D eigenvalue weighted by molar-refractivity contribution is 0.664. The number of benzene rings is 5. The molecule has 0 aliphatic carbocycles. The molecule has 158 valence electrons. The summed E-state index contributed by atoms with van der Waals surface area (Å²) in [6.07, 6.45) is 0. The van der Waals surface area contributed by atoms with Crippen LogP contribution in [0.3, 0.4) is 0 Å². The molecule has 3 nitrogen and oxygen atoms in total. The Hall–Kier alpha value is -4.81. The topological polar surface area (TPSA) is 50.1 Å². The third kappa shape index (κ3) is 2.83. The number of nitriles is 1. The zero-order chi connectivity index (χ0) is 22.6. The third-order valence-electron chi connectivity index (χ3n) is 6.49. The van der Waals surface area contributed by atoms with Crippen LogP contribution in [0.5, 0.6) is 0 Å². The summed E-state index contributed by atoms with van der Waals surface area (Å²) in [5.74, 6) is 0. The molecule has 34 heavy (non-hydrogen) atoms. The molecule has 0 spiro atoms. The fourth-order valence-corrected chi connectivity index (χ4v) is 4.82. The lowest BCUT2D eigenvalue weighted by atomic mass is 9.97. The number of para-hydroxylation sites is 1. The van der Waals surface area contributed by atoms with E-state index < -0.39 is 0 Å². The van der Waals surface area contributed by atoms with Crippen molar-refractivity contribution in [3.63, 3.8) is 0 Å². The number of furan rings is 2. The summed E-state index contributed by atoms with van der Waals surface area (Å²) in [5.41, 5.74) is 8.44. The standard InChI is InChI=1S/C31H17NO2/c32-18-19-5-3-6-20(13-19)21-7-4-8-22(14-21)23-11-12-29-25(15-23)27-17-30-26(16-31(27)34-29)24-9-1-2-10-28(24)33-30/h1-17H. The average Bonchev–Trinajstić information content (AvgIpc) is 3.44. The zero-order valence-corrected chi connectivity index (χ0v) is 18.1. The maximum Gasteiger partial charge on any atom is 0.136 e. The summed E-state index contributed by atoms with van der Waals surface area (Å²) in [6.45, 7) is 0. The lowest BCUT2D eigenvalue weighted by Crippen LogP contribution is -1.83. The molecular weight excluding hydrogens is 418 g/mol. The highest BCUT2D eigenvalue weighted by atomic mass is 16.3. The van der Waals surface area contributed by atoms with Gasteiger partial charge in [0.1, 0.15) is 22.3 Å². The Bertz CT molecular complexity index is 1930. The molecule has 2 heterocycles. The van der Waals surface area contributed by atoms with E-state index in [-0.39, 0.29) is 0 Å². The number of fused-ring (bicyclic) bond motifs is 6. The van der Waals surface area contributed by atoms with Gasteiger partial charge in [0.2, 0.25) is 0 Å². The maximum absolute atomic E-state index is 9.25. The van der Waals surface area contributed by atoms with Crippen LogP contribution >= 0.6 is 0 Å². The van der Waals surface area contributed by atoms with Crippen molar-refractivity contribution < 1.29 is 8.83 Å². The smallest absolute Gasteiger partial charge is 0.136 e. The first-order valence-electron chi connectivity index (χ1n) is 11.2. The second-order valence-electron chi connectivity index (χ2n) is 8.53. The first kappa shape index (κ1) is 18.7. The van der Waals surface area contributed by atoms with E-state index in [0.29, 0.717) is 5.56 Å². The highest BCUT2D eigenvalue weighted by Crippen LogP contribution is 2.38. The zero-order valence-electron chi connectivity index (χ0n) is 18.1. The van der Waals surface area contributed by atoms with Crippen molar-refractivity contribution >= 4 is 43.9 Å². The van der Waals surface area contributed by atoms with Crippen LogP contribution in [-0.4, -0.2) is 0 Å². The van der Waals surface area contributed by atoms with E-state index in [0.717, 1.165) is 66.1 Å². The molecule has 7 aromatic rings. The fourth-order valence-electron chi connectivity index (χ4n) is 4.82. The summed E-state index contributed by atoms with van der Waals surface area (Å²) in [5, 5.41) is 13.5. The highest BCUT2D eigenvalue weighted by molar-refractivity contribution is 6.15. The fraction of sp³-hybridized carbons (Fsp3) is 0. The van der Waals surface area contributed by atoms with Crippen molar-refractivity contribution in [3.05, 3.63) is 109 Å². The van der Waals surface area contributed by atoms with Gasteiger partial charge in [-0.3, -0.25) is 0 Å². The Morgan fingerprint density at radius 2 is 1.03 bits per heavy atom. The highest BCUT2D eigenvalue weighted by Gasteiger charge is 2.14. The summed E-state index contributed by atoms with van der Waals surface area (Å²) in [7, 11) is 0. The summed E-state index contributed by atoms with van der Waals surface area (Å²) >= 11 is 0. The average molecular weight is 435 g/mol. The molecule has 0 N–H and O–H groups in total. The molecule has 0 fully saturated rings. The van der Waals surface area contributed by atoms with E-state index in [1.807, 2.05) is 48.5 Å². The minimum Gasteiger partial charge on any atom is -0.456 e. The van der Waals surface area contributed by atoms with Gasteiger partial charge < -0.3 is 8.83 Å². The van der Waals surface area contributed by atoms with E-state index in [1.54, 1.807) is 0 Å². The number of hydrogen-bond acceptors (Lipinski definition) is 3. The van der Waals surface area contributed by atoms with Crippen LogP contribution < -0.4 is 0 Å². The minimum absolute atomic E-state index is 0.658. The third-order valence-corrected chi connectivity index (χ3v) is 6.49. The molecule has 0 saturated heterocycles. The van der Waals surface area contributed by atoms with Gasteiger partial charge in [0, 0.05) is 21.5 Å². The molecule has 0 aliphatic rings. The van der Waals surface area contributed by atoms with Gasteiger partial charge in [-0.1, -0.05) is 54.6 Å². The number of rotatable bonds is 2. The quantitative estimate of drug-likeness (QED) is 0.273. The van der Waals surface area contributed by atoms with Gasteiger partial charge in [-0.05, 0) is 70.8 Å². The molecule has 0 bridgehead atoms. The minimum atomic E-state index is 0.658. The molecular formula is C31H17NO2. The van der Waals surface area contributed by atoms with Gasteiger partial charge in [-0.25, -0.2) is 0 Å². The second-order valence-corrected chi connectivity index (χ2v) is 8.53. The SMILES string of the molecule is N#Cc1cccc(-c2cccc(-c3ccc4oc5cc6c(cc5c4c3)oc3ccccc36)c2)c1. The Morgan fingerprint density at radius 1 is 0.441 bits per heavy atom. The van der Waals surface area contributed by atoms with Crippen molar-refractivity contribution in [1.29, 1.82) is 5.26 Å². The molecule has 7 rings (SSSR count). The Labute approximate surface area is 195 Å². The molecule has 0 atom stereocenters. The van der Waals surface area contributed by atoms with E-state index in [1.165, 1.54) is 0 Å². The summed E-state index contributed by atoms with van der Waals surface area (Å²) in [6, 6.07) is 36.9. The van der Waals surface area contributed by atoms with Crippen LogP contribution in [0.25, 0.3) is 66.1 Å². The first-order chi connectivity index (χ1) is 16.8. The monoisotopic (exact) mass is 435 g/mol. The Morgan fingerprint density at radius 3 is 1.79 bits per heavy atom. The van der Waals surface area contributed by atoms with E-state index in [2.05, 4.69) is 60.7 Å². The Balaban J connectivity index is 1.39. The van der Waals surface area contributed by atoms with Gasteiger partial charge in [-0.2, -0.15) is 5.26 Å². The molecule has 5 aromatic carbocycles. The van der Waals surface area contributed by atoms with Crippen molar-refractivity contribution in [3.8, 4) is 28.3 Å². The predicted octanol–water partition coefficient (Wildman–Crippen LogP) is 8.69. The number of nitrogens with zero attached hydrogens (tertiary/aromatic N) is 1. The van der Waals surface area contributed by atoms with Crippen molar-refractivity contribution in [2.24, 2.45) is 0 Å². The molecule has 0 radical (unpaired) electrons. The number of hydrogen-bond donors (Lipinski definition) is 0. The van der Waals surface area contributed by atoms with Crippen LogP contribution in [0, 0.1) is 11.3 Å². The van der Waals surface area contributed by atoms with Gasteiger partial charge >= 0.3 is 0 Å². The van der Waals surface area contributed by atoms with E-state index in [4.69, 9.17) is 8.83 Å². The van der Waals surface area contributed by atoms with Crippen molar-refractivity contribution in [2.75, 3.05) is 0 Å². The first-order valence-corrected chi connectivity index (χ1v) is 11.2. The normalized spacial score (nSPS) is 11.5. The van der Waals surface area contributed by atoms with Crippen molar-refractivity contribution in [2.45, 2.75) is 0 Å². The Kier molecular flexibility index (Phi) is 3.91. The van der Waals surface area contributed by atoms with Crippen LogP contribution in [0.15, 0.2) is 112 Å². The molecule has 0 saturated carbocycles. The molecule has 3 heteroatoms. The van der Waals surface area contributed by atoms with Crippen LogP contribution in [-0.2, 0) is 0 Å². The lowest BCUT2D eigenvalue weighted by Gasteiger charge is -2.07. The van der Waals surface area contributed by atoms with Gasteiger partial charge in [0.15, 0.2) is 0 Å². The van der Waals surface area contributed by atoms with Gasteiger partial charge in [0.05, 0.1) is 11.6 Å². The molecule has 0 aliphatic heterocycles. The van der Waals surface area contributed by atoms with Crippen molar-refractivity contribution in [1.82, 2.24) is 0 Å². The largest absolute Gasteiger partial charge is 0.456 e. The second kappa shape index (κ2) is 7.10. The molecule has 2 aromatic heterocycles. The summed E-state index contributed by atoms with van der Waals surface area (Å²) < 4.78 is 12.3. The van der Waals surface area contributed by atoms with E-state index in [9.17, 15) is 5.26 Å². The van der Waals surface area contributed by atoms with Gasteiger partial charge in [0.25, 0.3) is 0 Å². The van der Waals surface area contributed by atoms with Crippen LogP contribution in [0.4, 0.5) is 0 Å². The maximum atomic E-state index is 9.25. The van der Waals surface area contributed by atoms with E-state index >= 15 is 0 Å². The van der Waals surface area contributed by atoms with Crippen LogP contribution in [0.1, 0.15) is 5.56 Å². The molecule has 0 amide bonds. The van der Waals surface area contributed by atoms with Crippen LogP contribution in [0.2, 0.25) is 0 Å². The molecule has 0 unspecified atom stereocenters. The van der Waals surface area contributed by atoms with Gasteiger partial charge in [-0.15, -0.1) is 0 Å². The summed E-state index contributed by atoms with van der Waals surface area (Å²) in [4.78, 5) is 0. The predicted molar refractivity (Wildman–Crippen MR) is 137 cm³/mol.